The van der Waals surface area contributed by atoms with E-state index in [2.05, 4.69) is 16.8 Å². The number of nitrogens with two attached hydrogens (primary N) is 1. The smallest absolute Gasteiger partial charge is 0.0772 e. The van der Waals surface area contributed by atoms with Crippen LogP contribution in [-0.2, 0) is 6.54 Å². The Morgan fingerprint density at radius 1 is 1.60 bits per heavy atom. The summed E-state index contributed by atoms with van der Waals surface area (Å²) in [5.74, 6) is 0.870. The molecule has 2 N–H and O–H groups in total. The first-order valence-corrected chi connectivity index (χ1v) is 5.71. The highest BCUT2D eigenvalue weighted by Crippen LogP contribution is 2.21. The molecule has 1 fully saturated rings. The topological polar surface area (TPSA) is 42.2 Å². The van der Waals surface area contributed by atoms with Gasteiger partial charge in [0.1, 0.15) is 0 Å². The van der Waals surface area contributed by atoms with Crippen LogP contribution in [-0.4, -0.2) is 23.0 Å². The molecule has 82 valence electrons. The molecule has 0 radical (unpaired) electrons. The predicted octanol–water partition coefficient (Wildman–Crippen LogP) is 1.90. The fourth-order valence-electron chi connectivity index (χ4n) is 2.18. The average molecular weight is 205 g/mol. The molecule has 1 aliphatic rings. The Morgan fingerprint density at radius 2 is 2.47 bits per heavy atom. The summed E-state index contributed by atoms with van der Waals surface area (Å²) in [6, 6.07) is 3.81. The van der Waals surface area contributed by atoms with Gasteiger partial charge in [-0.25, -0.2) is 0 Å². The summed E-state index contributed by atoms with van der Waals surface area (Å²) in [5, 5.41) is 0. The molecule has 1 aromatic heterocycles. The van der Waals surface area contributed by atoms with Crippen LogP contribution in [0.2, 0.25) is 0 Å². The molecule has 15 heavy (non-hydrogen) atoms. The highest BCUT2D eigenvalue weighted by atomic mass is 15.2. The van der Waals surface area contributed by atoms with Crippen molar-refractivity contribution in [2.24, 2.45) is 5.92 Å². The van der Waals surface area contributed by atoms with Crippen LogP contribution in [0, 0.1) is 5.92 Å². The molecule has 0 bridgehead atoms. The lowest BCUT2D eigenvalue weighted by Gasteiger charge is -2.15. The number of likely N-dealkylation sites (tertiary alicyclic amines) is 1. The Kier molecular flexibility index (Phi) is 3.21. The highest BCUT2D eigenvalue weighted by Gasteiger charge is 2.21. The van der Waals surface area contributed by atoms with Crippen molar-refractivity contribution < 1.29 is 0 Å². The van der Waals surface area contributed by atoms with Gasteiger partial charge in [-0.3, -0.25) is 9.88 Å². The monoisotopic (exact) mass is 205 g/mol. The molecule has 0 amide bonds. The first-order chi connectivity index (χ1) is 7.29. The van der Waals surface area contributed by atoms with Gasteiger partial charge in [-0.05, 0) is 31.0 Å². The number of hydrogen-bond donors (Lipinski definition) is 1. The first-order valence-electron chi connectivity index (χ1n) is 5.71. The molecule has 2 rings (SSSR count). The second-order valence-electron chi connectivity index (χ2n) is 4.34. The zero-order valence-corrected chi connectivity index (χ0v) is 9.32. The third-order valence-electron chi connectivity index (χ3n) is 3.25. The van der Waals surface area contributed by atoms with Gasteiger partial charge in [0, 0.05) is 19.3 Å². The molecule has 3 nitrogen and oxygen atoms in total. The van der Waals surface area contributed by atoms with Crippen LogP contribution in [0.25, 0.3) is 0 Å². The third kappa shape index (κ3) is 2.48. The van der Waals surface area contributed by atoms with E-state index in [0.717, 1.165) is 23.8 Å². The lowest BCUT2D eigenvalue weighted by Crippen LogP contribution is -2.21. The van der Waals surface area contributed by atoms with Crippen molar-refractivity contribution >= 4 is 5.69 Å². The number of nitrogen functional groups attached to an aromatic ring is 1. The summed E-state index contributed by atoms with van der Waals surface area (Å²) in [4.78, 5) is 6.78. The second-order valence-corrected chi connectivity index (χ2v) is 4.34. The SMILES string of the molecule is CCC1CCN(Cc2ncccc2N)C1. The predicted molar refractivity (Wildman–Crippen MR) is 62.3 cm³/mol. The van der Waals surface area contributed by atoms with Crippen LogP contribution < -0.4 is 5.73 Å². The summed E-state index contributed by atoms with van der Waals surface area (Å²) in [5.41, 5.74) is 7.72. The average Bonchev–Trinajstić information content (AvgIpc) is 2.69. The Bertz CT molecular complexity index is 324. The number of hydrogen-bond acceptors (Lipinski definition) is 3. The number of pyridine rings is 1. The highest BCUT2D eigenvalue weighted by molar-refractivity contribution is 5.41. The molecule has 0 saturated carbocycles. The quantitative estimate of drug-likeness (QED) is 0.819. The largest absolute Gasteiger partial charge is 0.397 e. The number of aromatic nitrogens is 1. The molecule has 1 aliphatic heterocycles. The maximum atomic E-state index is 5.88. The van der Waals surface area contributed by atoms with Gasteiger partial charge in [0.25, 0.3) is 0 Å². The molecular weight excluding hydrogens is 186 g/mol. The zero-order chi connectivity index (χ0) is 10.7. The van der Waals surface area contributed by atoms with Crippen LogP contribution >= 0.6 is 0 Å². The molecule has 0 aliphatic carbocycles. The Balaban J connectivity index is 1.96. The molecular formula is C12H19N3. The van der Waals surface area contributed by atoms with E-state index in [1.54, 1.807) is 0 Å². The Morgan fingerprint density at radius 3 is 3.13 bits per heavy atom. The van der Waals surface area contributed by atoms with Gasteiger partial charge in [0.05, 0.1) is 11.4 Å². The molecule has 1 saturated heterocycles. The van der Waals surface area contributed by atoms with Gasteiger partial charge in [-0.15, -0.1) is 0 Å². The molecule has 1 atom stereocenters. The summed E-state index contributed by atoms with van der Waals surface area (Å²) < 4.78 is 0. The lowest BCUT2D eigenvalue weighted by atomic mass is 10.1. The van der Waals surface area contributed by atoms with E-state index in [4.69, 9.17) is 5.73 Å². The molecule has 3 heteroatoms. The third-order valence-corrected chi connectivity index (χ3v) is 3.25. The standard InChI is InChI=1S/C12H19N3/c1-2-10-5-7-15(8-10)9-12-11(13)4-3-6-14-12/h3-4,6,10H,2,5,7-9,13H2,1H3. The number of anilines is 1. The van der Waals surface area contributed by atoms with Gasteiger partial charge in [0.15, 0.2) is 0 Å². The lowest BCUT2D eigenvalue weighted by molar-refractivity contribution is 0.312. The van der Waals surface area contributed by atoms with Crippen molar-refractivity contribution in [2.75, 3.05) is 18.8 Å². The maximum Gasteiger partial charge on any atom is 0.0772 e. The van der Waals surface area contributed by atoms with Crippen molar-refractivity contribution in [2.45, 2.75) is 26.3 Å². The second kappa shape index (κ2) is 4.62. The summed E-state index contributed by atoms with van der Waals surface area (Å²) in [6.45, 7) is 5.56. The normalized spacial score (nSPS) is 22.1. The fourth-order valence-corrected chi connectivity index (χ4v) is 2.18. The van der Waals surface area contributed by atoms with E-state index in [1.807, 2.05) is 18.3 Å². The van der Waals surface area contributed by atoms with E-state index >= 15 is 0 Å². The van der Waals surface area contributed by atoms with Gasteiger partial charge < -0.3 is 5.73 Å². The van der Waals surface area contributed by atoms with Crippen molar-refractivity contribution in [3.63, 3.8) is 0 Å². The van der Waals surface area contributed by atoms with Crippen LogP contribution in [0.15, 0.2) is 18.3 Å². The van der Waals surface area contributed by atoms with Gasteiger partial charge >= 0.3 is 0 Å². The summed E-state index contributed by atoms with van der Waals surface area (Å²) in [6.07, 6.45) is 4.43. The van der Waals surface area contributed by atoms with E-state index in [0.29, 0.717) is 0 Å². The number of nitrogens with zero attached hydrogens (tertiary/aromatic N) is 2. The molecule has 0 spiro atoms. The van der Waals surface area contributed by atoms with Crippen molar-refractivity contribution in [3.8, 4) is 0 Å². The molecule has 0 aromatic carbocycles. The minimum Gasteiger partial charge on any atom is -0.397 e. The zero-order valence-electron chi connectivity index (χ0n) is 9.32. The summed E-state index contributed by atoms with van der Waals surface area (Å²) in [7, 11) is 0. The molecule has 1 aromatic rings. The van der Waals surface area contributed by atoms with Crippen LogP contribution in [0.5, 0.6) is 0 Å². The molecule has 1 unspecified atom stereocenters. The summed E-state index contributed by atoms with van der Waals surface area (Å²) >= 11 is 0. The Hall–Kier alpha value is -1.09. The van der Waals surface area contributed by atoms with Crippen LogP contribution in [0.4, 0.5) is 5.69 Å². The fraction of sp³-hybridized carbons (Fsp3) is 0.583. The van der Waals surface area contributed by atoms with E-state index in [9.17, 15) is 0 Å². The number of rotatable bonds is 3. The van der Waals surface area contributed by atoms with E-state index in [1.165, 1.54) is 25.9 Å². The van der Waals surface area contributed by atoms with Crippen molar-refractivity contribution in [3.05, 3.63) is 24.0 Å². The van der Waals surface area contributed by atoms with E-state index < -0.39 is 0 Å². The van der Waals surface area contributed by atoms with Gasteiger partial charge in [-0.2, -0.15) is 0 Å². The molecule has 2 heterocycles. The van der Waals surface area contributed by atoms with Crippen molar-refractivity contribution in [1.82, 2.24) is 9.88 Å². The first kappa shape index (κ1) is 10.4. The van der Waals surface area contributed by atoms with Crippen LogP contribution in [0.1, 0.15) is 25.5 Å². The van der Waals surface area contributed by atoms with Crippen molar-refractivity contribution in [1.29, 1.82) is 0 Å². The minimum atomic E-state index is 0.817. The minimum absolute atomic E-state index is 0.817. The Labute approximate surface area is 91.3 Å². The van der Waals surface area contributed by atoms with Gasteiger partial charge in [0.2, 0.25) is 0 Å². The van der Waals surface area contributed by atoms with Crippen LogP contribution in [0.3, 0.4) is 0 Å². The van der Waals surface area contributed by atoms with Gasteiger partial charge in [-0.1, -0.05) is 13.3 Å². The maximum absolute atomic E-state index is 5.88. The van der Waals surface area contributed by atoms with E-state index in [-0.39, 0.29) is 0 Å².